The molecule has 0 aromatic heterocycles. The number of nitro groups is 1. The molecule has 3 aliphatic rings. The Kier molecular flexibility index (Phi) is 6.07. The van der Waals surface area contributed by atoms with Gasteiger partial charge in [0.25, 0.3) is 5.69 Å². The molecule has 0 spiro atoms. The highest BCUT2D eigenvalue weighted by molar-refractivity contribution is 7.89. The van der Waals surface area contributed by atoms with E-state index in [-0.39, 0.29) is 28.6 Å². The Morgan fingerprint density at radius 1 is 1.13 bits per heavy atom. The summed E-state index contributed by atoms with van der Waals surface area (Å²) in [5, 5.41) is 14.7. The zero-order valence-electron chi connectivity index (χ0n) is 17.7. The number of amides is 2. The van der Waals surface area contributed by atoms with E-state index in [0.717, 1.165) is 25.7 Å². The van der Waals surface area contributed by atoms with Crippen LogP contribution in [0.5, 0.6) is 0 Å². The SMILES string of the molecule is C[C@@H]1CCCN(S(=O)(=O)c2ccc(N3CCC[C@@H](N4CCNC4=O)C3)c([N+](=O)[O-])c2)C1. The molecule has 3 saturated heterocycles. The van der Waals surface area contributed by atoms with Crippen molar-refractivity contribution in [1.82, 2.24) is 14.5 Å². The van der Waals surface area contributed by atoms with Crippen LogP contribution in [0.3, 0.4) is 0 Å². The minimum Gasteiger partial charge on any atom is -0.364 e. The monoisotopic (exact) mass is 451 g/mol. The predicted molar refractivity (Wildman–Crippen MR) is 116 cm³/mol. The molecule has 3 heterocycles. The highest BCUT2D eigenvalue weighted by atomic mass is 32.2. The van der Waals surface area contributed by atoms with Gasteiger partial charge in [0.1, 0.15) is 5.69 Å². The van der Waals surface area contributed by atoms with Crippen molar-refractivity contribution in [3.8, 4) is 0 Å². The number of rotatable bonds is 5. The lowest BCUT2D eigenvalue weighted by molar-refractivity contribution is -0.384. The molecule has 4 rings (SSSR count). The van der Waals surface area contributed by atoms with Gasteiger partial charge in [-0.2, -0.15) is 4.31 Å². The molecule has 31 heavy (non-hydrogen) atoms. The van der Waals surface area contributed by atoms with Gasteiger partial charge in [-0.25, -0.2) is 13.2 Å². The van der Waals surface area contributed by atoms with Crippen LogP contribution in [0.15, 0.2) is 23.1 Å². The summed E-state index contributed by atoms with van der Waals surface area (Å²) in [4.78, 5) is 27.0. The maximum absolute atomic E-state index is 13.1. The molecule has 1 N–H and O–H groups in total. The van der Waals surface area contributed by atoms with Crippen LogP contribution in [-0.4, -0.2) is 73.9 Å². The molecule has 0 aliphatic carbocycles. The lowest BCUT2D eigenvalue weighted by atomic mass is 10.0. The fraction of sp³-hybridized carbons (Fsp3) is 0.650. The highest BCUT2D eigenvalue weighted by Crippen LogP contribution is 2.35. The van der Waals surface area contributed by atoms with Gasteiger partial charge in [-0.15, -0.1) is 0 Å². The van der Waals surface area contributed by atoms with Crippen LogP contribution in [0.2, 0.25) is 0 Å². The van der Waals surface area contributed by atoms with E-state index in [1.807, 2.05) is 11.8 Å². The van der Waals surface area contributed by atoms with E-state index in [1.165, 1.54) is 16.4 Å². The molecule has 1 aromatic carbocycles. The number of piperidine rings is 2. The summed E-state index contributed by atoms with van der Waals surface area (Å²) in [6.07, 6.45) is 3.42. The van der Waals surface area contributed by atoms with Gasteiger partial charge < -0.3 is 15.1 Å². The zero-order valence-corrected chi connectivity index (χ0v) is 18.5. The lowest BCUT2D eigenvalue weighted by Gasteiger charge is -2.38. The van der Waals surface area contributed by atoms with Crippen molar-refractivity contribution in [2.24, 2.45) is 5.92 Å². The fourth-order valence-electron chi connectivity index (χ4n) is 4.85. The zero-order chi connectivity index (χ0) is 22.2. The van der Waals surface area contributed by atoms with Crippen molar-refractivity contribution >= 4 is 27.4 Å². The number of nitro benzene ring substituents is 1. The number of anilines is 1. The molecule has 3 aliphatic heterocycles. The first-order chi connectivity index (χ1) is 14.8. The largest absolute Gasteiger partial charge is 0.364 e. The first-order valence-electron chi connectivity index (χ1n) is 10.9. The Hall–Kier alpha value is -2.40. The van der Waals surface area contributed by atoms with E-state index in [0.29, 0.717) is 45.0 Å². The topological polar surface area (TPSA) is 116 Å². The third-order valence-electron chi connectivity index (χ3n) is 6.47. The van der Waals surface area contributed by atoms with Gasteiger partial charge in [-0.1, -0.05) is 6.92 Å². The number of carbonyl (C=O) groups is 1. The molecular formula is C20H29N5O5S. The van der Waals surface area contributed by atoms with Crippen LogP contribution < -0.4 is 10.2 Å². The number of nitrogens with zero attached hydrogens (tertiary/aromatic N) is 4. The molecule has 2 amide bonds. The molecule has 10 nitrogen and oxygen atoms in total. The number of carbonyl (C=O) groups excluding carboxylic acids is 1. The molecule has 0 bridgehead atoms. The summed E-state index contributed by atoms with van der Waals surface area (Å²) in [6.45, 7) is 5.24. The van der Waals surface area contributed by atoms with E-state index < -0.39 is 14.9 Å². The molecule has 1 aromatic rings. The van der Waals surface area contributed by atoms with Crippen molar-refractivity contribution < 1.29 is 18.1 Å². The Morgan fingerprint density at radius 3 is 2.58 bits per heavy atom. The Bertz CT molecular complexity index is 969. The van der Waals surface area contributed by atoms with Crippen LogP contribution in [0.1, 0.15) is 32.6 Å². The molecule has 0 saturated carbocycles. The smallest absolute Gasteiger partial charge is 0.317 e. The predicted octanol–water partition coefficient (Wildman–Crippen LogP) is 2.01. The standard InChI is InChI=1S/C20H29N5O5S/c1-15-4-2-10-23(13-15)31(29,30)17-6-7-18(19(12-17)25(27)28)22-9-3-5-16(14-22)24-11-8-21-20(24)26/h6-7,12,15-16H,2-5,8-11,13-14H2,1H3,(H,21,26)/t15-,16-/m1/s1. The van der Waals surface area contributed by atoms with Crippen LogP contribution >= 0.6 is 0 Å². The molecule has 2 atom stereocenters. The van der Waals surface area contributed by atoms with E-state index in [9.17, 15) is 23.3 Å². The van der Waals surface area contributed by atoms with Gasteiger partial charge in [-0.05, 0) is 43.7 Å². The second-order valence-corrected chi connectivity index (χ2v) is 10.6. The normalized spacial score (nSPS) is 25.5. The van der Waals surface area contributed by atoms with Crippen molar-refractivity contribution in [3.05, 3.63) is 28.3 Å². The Balaban J connectivity index is 1.60. The van der Waals surface area contributed by atoms with Gasteiger partial charge in [0.2, 0.25) is 10.0 Å². The van der Waals surface area contributed by atoms with Gasteiger partial charge in [-0.3, -0.25) is 10.1 Å². The first-order valence-corrected chi connectivity index (χ1v) is 12.3. The Morgan fingerprint density at radius 2 is 1.90 bits per heavy atom. The van der Waals surface area contributed by atoms with Crippen molar-refractivity contribution in [3.63, 3.8) is 0 Å². The van der Waals surface area contributed by atoms with E-state index in [1.54, 1.807) is 11.0 Å². The summed E-state index contributed by atoms with van der Waals surface area (Å²) in [5.41, 5.74) is 0.193. The third-order valence-corrected chi connectivity index (χ3v) is 8.33. The van der Waals surface area contributed by atoms with E-state index in [4.69, 9.17) is 0 Å². The van der Waals surface area contributed by atoms with Gasteiger partial charge in [0.05, 0.1) is 15.9 Å². The second kappa shape index (κ2) is 8.62. The fourth-order valence-corrected chi connectivity index (χ4v) is 6.47. The van der Waals surface area contributed by atoms with Crippen molar-refractivity contribution in [2.75, 3.05) is 44.2 Å². The van der Waals surface area contributed by atoms with Crippen molar-refractivity contribution in [2.45, 2.75) is 43.5 Å². The van der Waals surface area contributed by atoms with Gasteiger partial charge in [0.15, 0.2) is 0 Å². The Labute approximate surface area is 182 Å². The summed E-state index contributed by atoms with van der Waals surface area (Å²) in [6, 6.07) is 4.09. The minimum atomic E-state index is -3.78. The van der Waals surface area contributed by atoms with Crippen LogP contribution in [0.4, 0.5) is 16.2 Å². The number of nitrogens with one attached hydrogen (secondary N) is 1. The molecular weight excluding hydrogens is 422 g/mol. The number of urea groups is 1. The second-order valence-electron chi connectivity index (χ2n) is 8.69. The summed E-state index contributed by atoms with van der Waals surface area (Å²) >= 11 is 0. The molecule has 0 unspecified atom stereocenters. The third kappa shape index (κ3) is 4.33. The summed E-state index contributed by atoms with van der Waals surface area (Å²) in [5.74, 6) is 0.269. The summed E-state index contributed by atoms with van der Waals surface area (Å²) < 4.78 is 27.6. The molecule has 170 valence electrons. The average Bonchev–Trinajstić information content (AvgIpc) is 3.19. The molecule has 11 heteroatoms. The van der Waals surface area contributed by atoms with E-state index in [2.05, 4.69) is 5.32 Å². The quantitative estimate of drug-likeness (QED) is 0.541. The number of benzene rings is 1. The molecule has 3 fully saturated rings. The number of sulfonamides is 1. The van der Waals surface area contributed by atoms with Crippen molar-refractivity contribution in [1.29, 1.82) is 0 Å². The highest BCUT2D eigenvalue weighted by Gasteiger charge is 2.35. The number of hydrogen-bond donors (Lipinski definition) is 1. The average molecular weight is 452 g/mol. The first kappa shape index (κ1) is 21.8. The van der Waals surface area contributed by atoms with Crippen LogP contribution in [-0.2, 0) is 10.0 Å². The van der Waals surface area contributed by atoms with Crippen LogP contribution in [0.25, 0.3) is 0 Å². The number of hydrogen-bond acceptors (Lipinski definition) is 6. The molecule has 0 radical (unpaired) electrons. The minimum absolute atomic E-state index is 0.0194. The van der Waals surface area contributed by atoms with Gasteiger partial charge >= 0.3 is 6.03 Å². The van der Waals surface area contributed by atoms with Gasteiger partial charge in [0, 0.05) is 45.3 Å². The summed E-state index contributed by atoms with van der Waals surface area (Å²) in [7, 11) is -3.78. The maximum atomic E-state index is 13.1. The van der Waals surface area contributed by atoms with Crippen LogP contribution in [0, 0.1) is 16.0 Å². The van der Waals surface area contributed by atoms with E-state index >= 15 is 0 Å². The lowest BCUT2D eigenvalue weighted by Crippen LogP contribution is -2.49. The maximum Gasteiger partial charge on any atom is 0.317 e.